The van der Waals surface area contributed by atoms with Crippen LogP contribution < -0.4 is 20.9 Å². The Hall–Kier alpha value is -5.01. The zero-order valence-corrected chi connectivity index (χ0v) is 31.6. The first-order chi connectivity index (χ1) is 25.9. The van der Waals surface area contributed by atoms with Crippen LogP contribution in [0.4, 0.5) is 4.79 Å². The van der Waals surface area contributed by atoms with E-state index in [0.29, 0.717) is 68.6 Å². The Morgan fingerprint density at radius 2 is 1.70 bits per heavy atom. The molecule has 0 radical (unpaired) electrons. The van der Waals surface area contributed by atoms with Crippen LogP contribution in [0, 0.1) is 5.92 Å². The smallest absolute Gasteiger partial charge is 0.407 e. The van der Waals surface area contributed by atoms with Crippen molar-refractivity contribution in [3.8, 4) is 39.4 Å². The summed E-state index contributed by atoms with van der Waals surface area (Å²) in [6.45, 7) is 5.77. The lowest BCUT2D eigenvalue weighted by Gasteiger charge is -2.45. The van der Waals surface area contributed by atoms with Crippen LogP contribution in [0.1, 0.15) is 37.8 Å². The van der Waals surface area contributed by atoms with Gasteiger partial charge in [-0.3, -0.25) is 18.9 Å². The molecule has 12 nitrogen and oxygen atoms in total. The number of hydrogen-bond donors (Lipinski definition) is 3. The van der Waals surface area contributed by atoms with Crippen molar-refractivity contribution in [1.29, 1.82) is 0 Å². The summed E-state index contributed by atoms with van der Waals surface area (Å²) >= 11 is 14.2. The number of alkyl carbamates (subject to hydrolysis) is 1. The van der Waals surface area contributed by atoms with Crippen LogP contribution >= 0.6 is 23.2 Å². The first-order valence-corrected chi connectivity index (χ1v) is 18.4. The number of nitrogens with one attached hydrogen (secondary N) is 2. The van der Waals surface area contributed by atoms with Crippen molar-refractivity contribution in [1.82, 2.24) is 29.9 Å². The molecule has 2 aliphatic rings. The first kappa shape index (κ1) is 37.3. The van der Waals surface area contributed by atoms with Crippen LogP contribution in [0.2, 0.25) is 10.0 Å². The van der Waals surface area contributed by atoms with Crippen molar-refractivity contribution in [2.24, 2.45) is 5.92 Å². The number of aliphatic hydroxyl groups is 1. The minimum atomic E-state index is -0.744. The summed E-state index contributed by atoms with van der Waals surface area (Å²) in [5.41, 5.74) is 4.91. The molecule has 2 aromatic carbocycles. The molecule has 2 saturated heterocycles. The van der Waals surface area contributed by atoms with Crippen LogP contribution in [0.15, 0.2) is 77.9 Å². The maximum Gasteiger partial charge on any atom is 0.407 e. The van der Waals surface area contributed by atoms with Crippen molar-refractivity contribution in [2.45, 2.75) is 51.5 Å². The van der Waals surface area contributed by atoms with E-state index in [4.69, 9.17) is 32.7 Å². The molecule has 0 unspecified atom stereocenters. The number of rotatable bonds is 11. The zero-order valence-electron chi connectivity index (χ0n) is 30.1. The molecule has 280 valence electrons. The van der Waals surface area contributed by atoms with Gasteiger partial charge < -0.3 is 25.2 Å². The largest absolute Gasteiger partial charge is 0.481 e. The van der Waals surface area contributed by atoms with Crippen molar-refractivity contribution in [3.05, 3.63) is 105 Å². The van der Waals surface area contributed by atoms with Gasteiger partial charge in [0.05, 0.1) is 39.6 Å². The Kier molecular flexibility index (Phi) is 10.6. The standard InChI is InChI=1S/C40H40Cl2N6O6/c1-40(2,52)26-20-47(21-26)19-25-17-43-33-16-23(14-15-48(33)38(25)50)28-6-4-7-29(35(28)41)30-8-5-9-31(36(30)42)32-12-10-24(37(46-32)53-3)22-54-39(51)44-18-27-11-13-34(49)45-27/h4-10,12,14-17,26-27,52H,11,13,18-22H2,1-3H3,(H,44,51)(H,45,49)/t27-/m0/s1. The van der Waals surface area contributed by atoms with E-state index in [9.17, 15) is 19.5 Å². The summed E-state index contributed by atoms with van der Waals surface area (Å²) in [5, 5.41) is 16.6. The van der Waals surface area contributed by atoms with Crippen molar-refractivity contribution in [3.63, 3.8) is 0 Å². The van der Waals surface area contributed by atoms with Gasteiger partial charge in [-0.1, -0.05) is 59.6 Å². The maximum absolute atomic E-state index is 13.4. The molecule has 54 heavy (non-hydrogen) atoms. The summed E-state index contributed by atoms with van der Waals surface area (Å²) in [6.07, 6.45) is 3.85. The van der Waals surface area contributed by atoms with Gasteiger partial charge in [-0.05, 0) is 50.1 Å². The Morgan fingerprint density at radius 1 is 1.00 bits per heavy atom. The molecule has 3 N–H and O–H groups in total. The molecule has 2 fully saturated rings. The fraction of sp³-hybridized carbons (Fsp3) is 0.325. The summed E-state index contributed by atoms with van der Waals surface area (Å²) in [6, 6.07) is 18.4. The van der Waals surface area contributed by atoms with E-state index in [1.165, 1.54) is 11.5 Å². The molecule has 0 aliphatic carbocycles. The number of carbonyl (C=O) groups is 2. The summed E-state index contributed by atoms with van der Waals surface area (Å²) in [7, 11) is 1.49. The monoisotopic (exact) mass is 770 g/mol. The van der Waals surface area contributed by atoms with Gasteiger partial charge in [0.2, 0.25) is 11.8 Å². The van der Waals surface area contributed by atoms with E-state index in [0.717, 1.165) is 24.2 Å². The first-order valence-electron chi connectivity index (χ1n) is 17.7. The molecule has 2 aliphatic heterocycles. The molecule has 1 atom stereocenters. The van der Waals surface area contributed by atoms with E-state index in [1.54, 1.807) is 24.5 Å². The zero-order chi connectivity index (χ0) is 38.1. The predicted molar refractivity (Wildman–Crippen MR) is 207 cm³/mol. The number of carbonyl (C=O) groups excluding carboxylic acids is 2. The molecule has 0 bridgehead atoms. The lowest BCUT2D eigenvalue weighted by atomic mass is 9.84. The highest BCUT2D eigenvalue weighted by molar-refractivity contribution is 6.39. The second kappa shape index (κ2) is 15.4. The van der Waals surface area contributed by atoms with E-state index in [-0.39, 0.29) is 42.5 Å². The highest BCUT2D eigenvalue weighted by atomic mass is 35.5. The average molecular weight is 772 g/mol. The van der Waals surface area contributed by atoms with Crippen LogP contribution in [-0.4, -0.2) is 74.8 Å². The molecule has 14 heteroatoms. The van der Waals surface area contributed by atoms with Gasteiger partial charge in [0, 0.05) is 79.2 Å². The van der Waals surface area contributed by atoms with Crippen LogP contribution in [0.3, 0.4) is 0 Å². The third-order valence-electron chi connectivity index (χ3n) is 10.1. The third kappa shape index (κ3) is 7.78. The second-order valence-electron chi connectivity index (χ2n) is 14.2. The normalized spacial score (nSPS) is 16.3. The molecule has 7 rings (SSSR count). The fourth-order valence-electron chi connectivity index (χ4n) is 6.81. The molecular formula is C40H40Cl2N6O6. The van der Waals surface area contributed by atoms with Gasteiger partial charge in [0.15, 0.2) is 0 Å². The van der Waals surface area contributed by atoms with E-state index in [1.807, 2.05) is 62.4 Å². The molecule has 5 heterocycles. The molecule has 2 amide bonds. The lowest BCUT2D eigenvalue weighted by Crippen LogP contribution is -2.55. The Bertz CT molecular complexity index is 2300. The SMILES string of the molecule is COc1nc(-c2cccc(-c3cccc(-c4ccn5c(=O)c(CN6CC(C(C)(C)O)C6)cnc5c4)c3Cl)c2Cl)ccc1COC(=O)NC[C@@H]1CCC(=O)N1. The van der Waals surface area contributed by atoms with Crippen molar-refractivity contribution >= 4 is 40.8 Å². The van der Waals surface area contributed by atoms with E-state index in [2.05, 4.69) is 25.5 Å². The van der Waals surface area contributed by atoms with E-state index >= 15 is 0 Å². The van der Waals surface area contributed by atoms with Gasteiger partial charge in [0.25, 0.3) is 5.56 Å². The minimum absolute atomic E-state index is 0.0251. The molecule has 0 spiro atoms. The predicted octanol–water partition coefficient (Wildman–Crippen LogP) is 6.11. The van der Waals surface area contributed by atoms with Gasteiger partial charge in [-0.15, -0.1) is 0 Å². The fourth-order valence-corrected chi connectivity index (χ4v) is 7.48. The van der Waals surface area contributed by atoms with Crippen LogP contribution in [-0.2, 0) is 22.7 Å². The molecule has 3 aromatic heterocycles. The number of likely N-dealkylation sites (tertiary alicyclic amines) is 1. The Balaban J connectivity index is 1.08. The number of fused-ring (bicyclic) bond motifs is 1. The molecule has 0 saturated carbocycles. The second-order valence-corrected chi connectivity index (χ2v) is 15.0. The Labute approximate surface area is 322 Å². The number of aromatic nitrogens is 3. The van der Waals surface area contributed by atoms with Crippen molar-refractivity contribution in [2.75, 3.05) is 26.7 Å². The summed E-state index contributed by atoms with van der Waals surface area (Å²) in [5.74, 6) is 0.429. The number of halogens is 2. The lowest BCUT2D eigenvalue weighted by molar-refractivity contribution is -0.119. The quantitative estimate of drug-likeness (QED) is 0.145. The number of benzene rings is 2. The maximum atomic E-state index is 13.4. The minimum Gasteiger partial charge on any atom is -0.481 e. The van der Waals surface area contributed by atoms with Gasteiger partial charge in [-0.25, -0.2) is 14.8 Å². The number of methoxy groups -OCH3 is 1. The van der Waals surface area contributed by atoms with Gasteiger partial charge in [0.1, 0.15) is 12.3 Å². The van der Waals surface area contributed by atoms with Crippen LogP contribution in [0.5, 0.6) is 5.88 Å². The number of nitrogens with zero attached hydrogens (tertiary/aromatic N) is 4. The summed E-state index contributed by atoms with van der Waals surface area (Å²) < 4.78 is 12.5. The number of hydrogen-bond acceptors (Lipinski definition) is 9. The molecule has 5 aromatic rings. The summed E-state index contributed by atoms with van der Waals surface area (Å²) in [4.78, 5) is 48.5. The highest BCUT2D eigenvalue weighted by Crippen LogP contribution is 2.42. The number of amides is 2. The highest BCUT2D eigenvalue weighted by Gasteiger charge is 2.37. The Morgan fingerprint density at radius 3 is 2.39 bits per heavy atom. The van der Waals surface area contributed by atoms with Gasteiger partial charge in [-0.2, -0.15) is 0 Å². The van der Waals surface area contributed by atoms with Gasteiger partial charge >= 0.3 is 6.09 Å². The third-order valence-corrected chi connectivity index (χ3v) is 10.9. The molecular weight excluding hydrogens is 731 g/mol. The van der Waals surface area contributed by atoms with Crippen LogP contribution in [0.25, 0.3) is 39.2 Å². The average Bonchev–Trinajstić information content (AvgIpc) is 3.56. The topological polar surface area (TPSA) is 147 Å². The van der Waals surface area contributed by atoms with E-state index < -0.39 is 11.7 Å². The number of ether oxygens (including phenoxy) is 2. The van der Waals surface area contributed by atoms with Crippen molar-refractivity contribution < 1.29 is 24.2 Å². The number of pyridine rings is 2.